The normalized spacial score (nSPS) is 13.9. The summed E-state index contributed by atoms with van der Waals surface area (Å²) in [6.07, 6.45) is 14.2. The molecule has 1 unspecified atom stereocenters. The van der Waals surface area contributed by atoms with Crippen molar-refractivity contribution in [3.63, 3.8) is 0 Å². The first kappa shape index (κ1) is 17.6. The van der Waals surface area contributed by atoms with E-state index in [1.54, 1.807) is 0 Å². The molecular formula is C15H34SSi. The van der Waals surface area contributed by atoms with Crippen molar-refractivity contribution in [3.05, 3.63) is 0 Å². The van der Waals surface area contributed by atoms with Gasteiger partial charge in [-0.3, -0.25) is 0 Å². The van der Waals surface area contributed by atoms with Gasteiger partial charge in [0.1, 0.15) is 0 Å². The second-order valence-corrected chi connectivity index (χ2v) is 13.0. The summed E-state index contributed by atoms with van der Waals surface area (Å²) < 4.78 is 0. The van der Waals surface area contributed by atoms with E-state index in [0.717, 1.165) is 0 Å². The van der Waals surface area contributed by atoms with Gasteiger partial charge in [-0.1, -0.05) is 84.4 Å². The Morgan fingerprint density at radius 1 is 0.765 bits per heavy atom. The summed E-state index contributed by atoms with van der Waals surface area (Å²) in [5, 5.41) is 0. The van der Waals surface area contributed by atoms with Gasteiger partial charge in [0, 0.05) is 0 Å². The Balaban J connectivity index is 3.19. The van der Waals surface area contributed by atoms with E-state index in [9.17, 15) is 0 Å². The van der Waals surface area contributed by atoms with E-state index in [1.807, 2.05) is 0 Å². The van der Waals surface area contributed by atoms with Gasteiger partial charge in [-0.05, 0) is 11.3 Å². The van der Waals surface area contributed by atoms with Gasteiger partial charge in [0.15, 0.2) is 0 Å². The lowest BCUT2D eigenvalue weighted by atomic mass is 10.1. The lowest BCUT2D eigenvalue weighted by Crippen LogP contribution is -2.33. The van der Waals surface area contributed by atoms with Crippen LogP contribution in [0.4, 0.5) is 0 Å². The molecule has 1 atom stereocenters. The minimum absolute atomic E-state index is 0.701. The molecule has 104 valence electrons. The summed E-state index contributed by atoms with van der Waals surface area (Å²) >= 11 is 4.75. The first-order valence-electron chi connectivity index (χ1n) is 7.66. The highest BCUT2D eigenvalue weighted by Gasteiger charge is 2.22. The molecule has 0 aliphatic heterocycles. The van der Waals surface area contributed by atoms with E-state index >= 15 is 0 Å². The van der Waals surface area contributed by atoms with E-state index < -0.39 is 8.07 Å². The highest BCUT2D eigenvalue weighted by Crippen LogP contribution is 2.20. The van der Waals surface area contributed by atoms with E-state index in [4.69, 9.17) is 12.6 Å². The summed E-state index contributed by atoms with van der Waals surface area (Å²) in [6.45, 7) is 9.57. The van der Waals surface area contributed by atoms with E-state index in [0.29, 0.717) is 4.87 Å². The van der Waals surface area contributed by atoms with Crippen molar-refractivity contribution in [2.24, 2.45) is 0 Å². The molecule has 0 saturated carbocycles. The van der Waals surface area contributed by atoms with Crippen LogP contribution in [-0.2, 0) is 0 Å². The number of hydrogen-bond acceptors (Lipinski definition) is 1. The average Bonchev–Trinajstić information content (AvgIpc) is 2.25. The van der Waals surface area contributed by atoms with Crippen molar-refractivity contribution >= 4 is 20.7 Å². The van der Waals surface area contributed by atoms with Gasteiger partial charge in [0.05, 0.1) is 8.07 Å². The highest BCUT2D eigenvalue weighted by atomic mass is 32.1. The molecule has 0 rings (SSSR count). The van der Waals surface area contributed by atoms with Crippen molar-refractivity contribution in [1.82, 2.24) is 0 Å². The van der Waals surface area contributed by atoms with Crippen LogP contribution in [0.5, 0.6) is 0 Å². The standard InChI is InChI=1S/C15H34SSi/c1-5-6-7-8-9-10-11-12-13-14-15(16)17(2,3)4/h15-16H,5-14H2,1-4H3. The zero-order valence-corrected chi connectivity index (χ0v) is 14.5. The molecule has 0 spiro atoms. The summed E-state index contributed by atoms with van der Waals surface area (Å²) in [4.78, 5) is 0.701. The maximum atomic E-state index is 4.75. The van der Waals surface area contributed by atoms with Crippen LogP contribution in [0.1, 0.15) is 71.1 Å². The molecule has 17 heavy (non-hydrogen) atoms. The Morgan fingerprint density at radius 3 is 1.59 bits per heavy atom. The first-order chi connectivity index (χ1) is 7.98. The molecule has 0 N–H and O–H groups in total. The fraction of sp³-hybridized carbons (Fsp3) is 1.00. The molecule has 0 aliphatic rings. The molecule has 0 radical (unpaired) electrons. The van der Waals surface area contributed by atoms with Crippen LogP contribution in [0, 0.1) is 0 Å². The second-order valence-electron chi connectivity index (χ2n) is 6.50. The van der Waals surface area contributed by atoms with Crippen LogP contribution >= 0.6 is 12.6 Å². The van der Waals surface area contributed by atoms with Crippen LogP contribution < -0.4 is 0 Å². The monoisotopic (exact) mass is 274 g/mol. The molecule has 0 nitrogen and oxygen atoms in total. The first-order valence-corrected chi connectivity index (χ1v) is 11.8. The van der Waals surface area contributed by atoms with E-state index in [2.05, 4.69) is 26.6 Å². The Morgan fingerprint density at radius 2 is 1.18 bits per heavy atom. The second kappa shape index (κ2) is 10.5. The minimum atomic E-state index is -0.987. The van der Waals surface area contributed by atoms with Crippen molar-refractivity contribution in [1.29, 1.82) is 0 Å². The van der Waals surface area contributed by atoms with E-state index in [-0.39, 0.29) is 0 Å². The van der Waals surface area contributed by atoms with Gasteiger partial charge in [-0.15, -0.1) is 0 Å². The maximum absolute atomic E-state index is 4.75. The van der Waals surface area contributed by atoms with Gasteiger partial charge >= 0.3 is 0 Å². The zero-order chi connectivity index (χ0) is 13.1. The quantitative estimate of drug-likeness (QED) is 0.263. The molecule has 0 amide bonds. The molecule has 0 bridgehead atoms. The Bertz CT molecular complexity index is 163. The Hall–Kier alpha value is 0.567. The van der Waals surface area contributed by atoms with E-state index in [1.165, 1.54) is 64.2 Å². The van der Waals surface area contributed by atoms with Gasteiger partial charge in [-0.2, -0.15) is 12.6 Å². The van der Waals surface area contributed by atoms with Crippen molar-refractivity contribution in [3.8, 4) is 0 Å². The van der Waals surface area contributed by atoms with Crippen molar-refractivity contribution < 1.29 is 0 Å². The van der Waals surface area contributed by atoms with Crippen LogP contribution in [0.15, 0.2) is 0 Å². The fourth-order valence-electron chi connectivity index (χ4n) is 2.08. The number of hydrogen-bond donors (Lipinski definition) is 1. The Kier molecular flexibility index (Phi) is 10.8. The topological polar surface area (TPSA) is 0 Å². The number of unbranched alkanes of at least 4 members (excludes halogenated alkanes) is 8. The Labute approximate surface area is 116 Å². The number of thiol groups is 1. The van der Waals surface area contributed by atoms with Gasteiger partial charge in [0.2, 0.25) is 0 Å². The highest BCUT2D eigenvalue weighted by molar-refractivity contribution is 7.83. The van der Waals surface area contributed by atoms with Crippen LogP contribution in [0.25, 0.3) is 0 Å². The zero-order valence-electron chi connectivity index (χ0n) is 12.6. The van der Waals surface area contributed by atoms with Crippen LogP contribution in [0.3, 0.4) is 0 Å². The lowest BCUT2D eigenvalue weighted by Gasteiger charge is -2.24. The van der Waals surface area contributed by atoms with Gasteiger partial charge in [-0.25, -0.2) is 0 Å². The lowest BCUT2D eigenvalue weighted by molar-refractivity contribution is 0.560. The van der Waals surface area contributed by atoms with Crippen LogP contribution in [-0.4, -0.2) is 12.9 Å². The minimum Gasteiger partial charge on any atom is -0.179 e. The molecule has 0 aromatic heterocycles. The maximum Gasteiger partial charge on any atom is 0.0583 e. The third-order valence-corrected chi connectivity index (χ3v) is 8.45. The molecule has 0 aromatic carbocycles. The summed E-state index contributed by atoms with van der Waals surface area (Å²) in [5.74, 6) is 0. The average molecular weight is 275 g/mol. The summed E-state index contributed by atoms with van der Waals surface area (Å²) in [6, 6.07) is 0. The molecule has 0 aromatic rings. The van der Waals surface area contributed by atoms with Gasteiger partial charge in [0.25, 0.3) is 0 Å². The molecule has 0 fully saturated rings. The molecule has 0 heterocycles. The largest absolute Gasteiger partial charge is 0.179 e. The molecular weight excluding hydrogens is 240 g/mol. The predicted octanol–water partition coefficient (Wildman–Crippen LogP) is 6.08. The SMILES string of the molecule is CCCCCCCCCCCC(S)[Si](C)(C)C. The fourth-order valence-corrected chi connectivity index (χ4v) is 3.33. The van der Waals surface area contributed by atoms with Crippen molar-refractivity contribution in [2.75, 3.05) is 0 Å². The van der Waals surface area contributed by atoms with Crippen molar-refractivity contribution in [2.45, 2.75) is 95.6 Å². The molecule has 0 aliphatic carbocycles. The summed E-state index contributed by atoms with van der Waals surface area (Å²) in [5.41, 5.74) is 0. The van der Waals surface area contributed by atoms with Gasteiger partial charge < -0.3 is 0 Å². The predicted molar refractivity (Wildman–Crippen MR) is 88.0 cm³/mol. The molecule has 2 heteroatoms. The number of rotatable bonds is 11. The van der Waals surface area contributed by atoms with Crippen LogP contribution in [0.2, 0.25) is 19.6 Å². The molecule has 0 saturated heterocycles. The summed E-state index contributed by atoms with van der Waals surface area (Å²) in [7, 11) is -0.987. The third-order valence-electron chi connectivity index (χ3n) is 3.58. The smallest absolute Gasteiger partial charge is 0.0583 e. The third kappa shape index (κ3) is 11.4.